The van der Waals surface area contributed by atoms with Crippen molar-refractivity contribution in [2.45, 2.75) is 58.0 Å². The molecule has 0 atom stereocenters. The van der Waals surface area contributed by atoms with Gasteiger partial charge in [0.25, 0.3) is 11.8 Å². The number of para-hydroxylation sites is 1. The summed E-state index contributed by atoms with van der Waals surface area (Å²) in [6.45, 7) is 9.93. The van der Waals surface area contributed by atoms with E-state index >= 15 is 0 Å². The SMILES string of the molecule is CCN1CCN(CCCNC(=O)c2c3c(nc4ccccc24)C(=O)N(C2CCCCC2)C3)CC1. The van der Waals surface area contributed by atoms with Crippen LogP contribution in [0.5, 0.6) is 0 Å². The molecule has 1 N–H and O–H groups in total. The summed E-state index contributed by atoms with van der Waals surface area (Å²) in [5.41, 5.74) is 2.65. The molecule has 34 heavy (non-hydrogen) atoms. The van der Waals surface area contributed by atoms with Gasteiger partial charge < -0.3 is 20.0 Å². The number of carbonyl (C=O) groups is 2. The highest BCUT2D eigenvalue weighted by Gasteiger charge is 2.37. The molecule has 182 valence electrons. The molecule has 0 unspecified atom stereocenters. The van der Waals surface area contributed by atoms with Gasteiger partial charge in [0.1, 0.15) is 5.69 Å². The molecule has 2 aliphatic heterocycles. The Morgan fingerprint density at radius 2 is 1.79 bits per heavy atom. The summed E-state index contributed by atoms with van der Waals surface area (Å²) in [4.78, 5) is 38.4. The van der Waals surface area contributed by atoms with Crippen LogP contribution in [0, 0.1) is 0 Å². The quantitative estimate of drug-likeness (QED) is 0.639. The Morgan fingerprint density at radius 1 is 1.06 bits per heavy atom. The third-order valence-corrected chi connectivity index (χ3v) is 7.88. The zero-order valence-corrected chi connectivity index (χ0v) is 20.4. The summed E-state index contributed by atoms with van der Waals surface area (Å²) < 4.78 is 0. The average molecular weight is 464 g/mol. The van der Waals surface area contributed by atoms with Crippen molar-refractivity contribution in [1.82, 2.24) is 25.0 Å². The molecule has 1 saturated heterocycles. The lowest BCUT2D eigenvalue weighted by molar-refractivity contribution is 0.0655. The van der Waals surface area contributed by atoms with Gasteiger partial charge in [-0.25, -0.2) is 4.98 Å². The Bertz CT molecular complexity index is 1040. The lowest BCUT2D eigenvalue weighted by Gasteiger charge is -2.33. The minimum Gasteiger partial charge on any atom is -0.352 e. The van der Waals surface area contributed by atoms with Crippen LogP contribution in [0.15, 0.2) is 24.3 Å². The standard InChI is InChI=1S/C27H37N5O2/c1-2-30-15-17-31(18-16-30)14-8-13-28-26(33)24-21-11-6-7-12-23(21)29-25-22(24)19-32(27(25)34)20-9-4-3-5-10-20/h6-7,11-12,20H,2-5,8-10,13-19H2,1H3,(H,28,33). The predicted octanol–water partition coefficient (Wildman–Crippen LogP) is 3.28. The Morgan fingerprint density at radius 3 is 2.56 bits per heavy atom. The van der Waals surface area contributed by atoms with Crippen LogP contribution in [0.4, 0.5) is 0 Å². The molecule has 1 aliphatic carbocycles. The summed E-state index contributed by atoms with van der Waals surface area (Å²) in [7, 11) is 0. The Balaban J connectivity index is 1.29. The van der Waals surface area contributed by atoms with Crippen molar-refractivity contribution < 1.29 is 9.59 Å². The van der Waals surface area contributed by atoms with Gasteiger partial charge in [-0.3, -0.25) is 9.59 Å². The minimum atomic E-state index is -0.0797. The lowest BCUT2D eigenvalue weighted by Crippen LogP contribution is -2.46. The van der Waals surface area contributed by atoms with Crippen molar-refractivity contribution in [3.63, 3.8) is 0 Å². The van der Waals surface area contributed by atoms with Crippen LogP contribution in [0.25, 0.3) is 10.9 Å². The van der Waals surface area contributed by atoms with Gasteiger partial charge in [0, 0.05) is 56.3 Å². The predicted molar refractivity (Wildman–Crippen MR) is 134 cm³/mol. The van der Waals surface area contributed by atoms with Gasteiger partial charge >= 0.3 is 0 Å². The van der Waals surface area contributed by atoms with E-state index in [9.17, 15) is 9.59 Å². The first kappa shape index (κ1) is 23.2. The molecule has 0 bridgehead atoms. The molecule has 2 fully saturated rings. The van der Waals surface area contributed by atoms with Crippen molar-refractivity contribution in [2.75, 3.05) is 45.8 Å². The third-order valence-electron chi connectivity index (χ3n) is 7.88. The number of hydrogen-bond donors (Lipinski definition) is 1. The number of likely N-dealkylation sites (N-methyl/N-ethyl adjacent to an activating group) is 1. The Hall–Kier alpha value is -2.51. The first-order valence-corrected chi connectivity index (χ1v) is 13.1. The minimum absolute atomic E-state index is 0.00655. The molecule has 1 saturated carbocycles. The molecule has 1 aromatic heterocycles. The zero-order valence-electron chi connectivity index (χ0n) is 20.4. The van der Waals surface area contributed by atoms with Gasteiger partial charge in [0.05, 0.1) is 11.1 Å². The number of piperazine rings is 1. The molecule has 7 heteroatoms. The molecule has 3 heterocycles. The number of fused-ring (bicyclic) bond motifs is 2. The lowest BCUT2D eigenvalue weighted by atomic mass is 9.94. The van der Waals surface area contributed by atoms with E-state index in [1.807, 2.05) is 29.2 Å². The molecular weight excluding hydrogens is 426 g/mol. The second kappa shape index (κ2) is 10.4. The number of rotatable bonds is 7. The van der Waals surface area contributed by atoms with Crippen LogP contribution < -0.4 is 5.32 Å². The number of pyridine rings is 1. The second-order valence-corrected chi connectivity index (χ2v) is 9.94. The maximum atomic E-state index is 13.5. The highest BCUT2D eigenvalue weighted by molar-refractivity contribution is 6.11. The van der Waals surface area contributed by atoms with E-state index in [0.717, 1.165) is 75.0 Å². The van der Waals surface area contributed by atoms with E-state index in [1.54, 1.807) is 0 Å². The van der Waals surface area contributed by atoms with Crippen molar-refractivity contribution in [3.05, 3.63) is 41.1 Å². The number of nitrogens with one attached hydrogen (secondary N) is 1. The third kappa shape index (κ3) is 4.68. The van der Waals surface area contributed by atoms with Crippen LogP contribution in [0.3, 0.4) is 0 Å². The van der Waals surface area contributed by atoms with Crippen molar-refractivity contribution >= 4 is 22.7 Å². The maximum absolute atomic E-state index is 13.5. The highest BCUT2D eigenvalue weighted by Crippen LogP contribution is 2.34. The number of amides is 2. The van der Waals surface area contributed by atoms with E-state index in [2.05, 4.69) is 22.0 Å². The molecule has 1 aromatic carbocycles. The molecule has 0 spiro atoms. The van der Waals surface area contributed by atoms with E-state index in [4.69, 9.17) is 4.98 Å². The largest absolute Gasteiger partial charge is 0.352 e. The molecule has 5 rings (SSSR count). The molecule has 2 amide bonds. The Kier molecular flexibility index (Phi) is 7.11. The van der Waals surface area contributed by atoms with Crippen LogP contribution >= 0.6 is 0 Å². The summed E-state index contributed by atoms with van der Waals surface area (Å²) in [5.74, 6) is -0.0862. The number of hydrogen-bond acceptors (Lipinski definition) is 5. The van der Waals surface area contributed by atoms with Crippen molar-refractivity contribution in [2.24, 2.45) is 0 Å². The van der Waals surface area contributed by atoms with Crippen molar-refractivity contribution in [3.8, 4) is 0 Å². The molecule has 0 radical (unpaired) electrons. The number of carbonyl (C=O) groups excluding carboxylic acids is 2. The normalized spacial score (nSPS) is 20.1. The highest BCUT2D eigenvalue weighted by atomic mass is 16.2. The summed E-state index contributed by atoms with van der Waals surface area (Å²) in [5, 5.41) is 4.00. The van der Waals surface area contributed by atoms with E-state index < -0.39 is 0 Å². The first-order chi connectivity index (χ1) is 16.7. The molecule has 2 aromatic rings. The van der Waals surface area contributed by atoms with Crippen molar-refractivity contribution in [1.29, 1.82) is 0 Å². The second-order valence-electron chi connectivity index (χ2n) is 9.94. The van der Waals surface area contributed by atoms with E-state index in [1.165, 1.54) is 19.3 Å². The van der Waals surface area contributed by atoms with Crippen LogP contribution in [0.2, 0.25) is 0 Å². The molecule has 7 nitrogen and oxygen atoms in total. The molecular formula is C27H37N5O2. The summed E-state index contributed by atoms with van der Waals surface area (Å²) in [6, 6.07) is 7.98. The monoisotopic (exact) mass is 463 g/mol. The van der Waals surface area contributed by atoms with Crippen LogP contribution in [-0.4, -0.2) is 83.4 Å². The van der Waals surface area contributed by atoms with Gasteiger partial charge in [-0.15, -0.1) is 0 Å². The summed E-state index contributed by atoms with van der Waals surface area (Å²) >= 11 is 0. The fourth-order valence-corrected chi connectivity index (χ4v) is 5.83. The Labute approximate surface area is 202 Å². The van der Waals surface area contributed by atoms with Gasteiger partial charge in [0.2, 0.25) is 0 Å². The zero-order chi connectivity index (χ0) is 23.5. The number of nitrogens with zero attached hydrogens (tertiary/aromatic N) is 4. The number of aromatic nitrogens is 1. The van der Waals surface area contributed by atoms with Gasteiger partial charge in [0.15, 0.2) is 0 Å². The maximum Gasteiger partial charge on any atom is 0.273 e. The average Bonchev–Trinajstić information content (AvgIpc) is 3.21. The van der Waals surface area contributed by atoms with Crippen LogP contribution in [0.1, 0.15) is 71.9 Å². The van der Waals surface area contributed by atoms with E-state index in [-0.39, 0.29) is 17.9 Å². The van der Waals surface area contributed by atoms with Gasteiger partial charge in [-0.2, -0.15) is 0 Å². The summed E-state index contributed by atoms with van der Waals surface area (Å²) in [6.07, 6.45) is 6.61. The first-order valence-electron chi connectivity index (χ1n) is 13.1. The number of benzene rings is 1. The fraction of sp³-hybridized carbons (Fsp3) is 0.593. The topological polar surface area (TPSA) is 68.8 Å². The molecule has 3 aliphatic rings. The van der Waals surface area contributed by atoms with E-state index in [0.29, 0.717) is 24.3 Å². The fourth-order valence-electron chi connectivity index (χ4n) is 5.83. The van der Waals surface area contributed by atoms with Gasteiger partial charge in [-0.05, 0) is 38.4 Å². The smallest absolute Gasteiger partial charge is 0.273 e. The van der Waals surface area contributed by atoms with Crippen LogP contribution in [-0.2, 0) is 6.54 Å². The van der Waals surface area contributed by atoms with Gasteiger partial charge in [-0.1, -0.05) is 44.4 Å².